The lowest BCUT2D eigenvalue weighted by Gasteiger charge is -2.39. The van der Waals surface area contributed by atoms with Crippen molar-refractivity contribution in [1.29, 1.82) is 0 Å². The minimum absolute atomic E-state index is 0.0813. The summed E-state index contributed by atoms with van der Waals surface area (Å²) in [5.74, 6) is -0.205. The van der Waals surface area contributed by atoms with Gasteiger partial charge in [-0.15, -0.1) is 6.58 Å². The average Bonchev–Trinajstić information content (AvgIpc) is 2.27. The molecule has 0 spiro atoms. The molecule has 3 heteroatoms. The maximum absolute atomic E-state index is 13.8. The first kappa shape index (κ1) is 15.7. The van der Waals surface area contributed by atoms with Crippen LogP contribution < -0.4 is 10.6 Å². The second-order valence-electron chi connectivity index (χ2n) is 6.02. The van der Waals surface area contributed by atoms with Crippen LogP contribution in [0.25, 0.3) is 0 Å². The largest absolute Gasteiger partial charge is 0.363 e. The number of benzene rings is 1. The van der Waals surface area contributed by atoms with Crippen molar-refractivity contribution in [3.8, 4) is 0 Å². The maximum Gasteiger partial charge on any atom is 0.126 e. The predicted octanol–water partition coefficient (Wildman–Crippen LogP) is 3.94. The predicted molar refractivity (Wildman–Crippen MR) is 81.0 cm³/mol. The lowest BCUT2D eigenvalue weighted by molar-refractivity contribution is 0.518. The fourth-order valence-electron chi connectivity index (χ4n) is 2.14. The summed E-state index contributed by atoms with van der Waals surface area (Å²) in [6.45, 7) is 14.5. The second kappa shape index (κ2) is 5.74. The summed E-state index contributed by atoms with van der Waals surface area (Å²) in [6.07, 6.45) is 1.86. The fourth-order valence-corrected chi connectivity index (χ4v) is 2.14. The van der Waals surface area contributed by atoms with Gasteiger partial charge in [-0.05, 0) is 57.9 Å². The van der Waals surface area contributed by atoms with E-state index in [1.807, 2.05) is 19.1 Å². The molecule has 2 N–H and O–H groups in total. The molecule has 19 heavy (non-hydrogen) atoms. The Hall–Kier alpha value is -1.35. The molecular formula is C16H25FN2. The standard InChI is InChI=1S/C16H25FN2/c1-7-8-19(16(4,5)6)15-9-11(2)14(17)10-13(15)12(3)18/h7,9-10,12H,1,8,18H2,2-6H3/t12-/m1/s1. The van der Waals surface area contributed by atoms with Crippen LogP contribution in [-0.4, -0.2) is 12.1 Å². The highest BCUT2D eigenvalue weighted by atomic mass is 19.1. The third-order valence-electron chi connectivity index (χ3n) is 3.21. The Bertz CT molecular complexity index is 459. The van der Waals surface area contributed by atoms with E-state index < -0.39 is 0 Å². The van der Waals surface area contributed by atoms with Gasteiger partial charge in [-0.25, -0.2) is 4.39 Å². The van der Waals surface area contributed by atoms with E-state index in [2.05, 4.69) is 32.3 Å². The number of aryl methyl sites for hydroxylation is 1. The van der Waals surface area contributed by atoms with Crippen molar-refractivity contribution in [3.05, 3.63) is 41.7 Å². The van der Waals surface area contributed by atoms with E-state index in [1.54, 1.807) is 13.0 Å². The molecule has 0 amide bonds. The van der Waals surface area contributed by atoms with E-state index in [1.165, 1.54) is 0 Å². The van der Waals surface area contributed by atoms with Crippen LogP contribution in [0, 0.1) is 12.7 Å². The van der Waals surface area contributed by atoms with E-state index >= 15 is 0 Å². The van der Waals surface area contributed by atoms with Crippen molar-refractivity contribution in [1.82, 2.24) is 0 Å². The third kappa shape index (κ3) is 3.57. The number of nitrogens with zero attached hydrogens (tertiary/aromatic N) is 1. The van der Waals surface area contributed by atoms with Crippen LogP contribution in [-0.2, 0) is 0 Å². The number of nitrogens with two attached hydrogens (primary N) is 1. The highest BCUT2D eigenvalue weighted by Crippen LogP contribution is 2.32. The van der Waals surface area contributed by atoms with E-state index in [4.69, 9.17) is 5.73 Å². The highest BCUT2D eigenvalue weighted by Gasteiger charge is 2.24. The van der Waals surface area contributed by atoms with Gasteiger partial charge in [-0.2, -0.15) is 0 Å². The molecule has 0 unspecified atom stereocenters. The molecule has 0 saturated heterocycles. The van der Waals surface area contributed by atoms with Crippen molar-refractivity contribution < 1.29 is 4.39 Å². The summed E-state index contributed by atoms with van der Waals surface area (Å²) < 4.78 is 13.8. The van der Waals surface area contributed by atoms with Crippen LogP contribution in [0.15, 0.2) is 24.8 Å². The van der Waals surface area contributed by atoms with Crippen LogP contribution in [0.5, 0.6) is 0 Å². The van der Waals surface area contributed by atoms with Gasteiger partial charge in [0.25, 0.3) is 0 Å². The molecule has 1 rings (SSSR count). The fraction of sp³-hybridized carbons (Fsp3) is 0.500. The molecule has 0 aliphatic carbocycles. The van der Waals surface area contributed by atoms with E-state index in [9.17, 15) is 4.39 Å². The molecule has 0 bridgehead atoms. The van der Waals surface area contributed by atoms with Crippen LogP contribution in [0.4, 0.5) is 10.1 Å². The van der Waals surface area contributed by atoms with Gasteiger partial charge in [0.2, 0.25) is 0 Å². The summed E-state index contributed by atoms with van der Waals surface area (Å²) in [6, 6.07) is 3.22. The molecular weight excluding hydrogens is 239 g/mol. The molecule has 2 nitrogen and oxygen atoms in total. The SMILES string of the molecule is C=CCN(c1cc(C)c(F)cc1[C@@H](C)N)C(C)(C)C. The monoisotopic (exact) mass is 264 g/mol. The molecule has 1 aromatic carbocycles. The minimum atomic E-state index is -0.209. The van der Waals surface area contributed by atoms with Crippen molar-refractivity contribution in [2.45, 2.75) is 46.2 Å². The third-order valence-corrected chi connectivity index (χ3v) is 3.21. The summed E-state index contributed by atoms with van der Waals surface area (Å²) >= 11 is 0. The quantitative estimate of drug-likeness (QED) is 0.834. The van der Waals surface area contributed by atoms with Gasteiger partial charge in [0, 0.05) is 23.8 Å². The normalized spacial score (nSPS) is 13.2. The first-order chi connectivity index (χ1) is 8.68. The lowest BCUT2D eigenvalue weighted by atomic mass is 9.98. The summed E-state index contributed by atoms with van der Waals surface area (Å²) in [5, 5.41) is 0. The summed E-state index contributed by atoms with van der Waals surface area (Å²) in [7, 11) is 0. The van der Waals surface area contributed by atoms with Crippen LogP contribution in [0.1, 0.15) is 44.9 Å². The molecule has 0 radical (unpaired) electrons. The Morgan fingerprint density at radius 1 is 1.42 bits per heavy atom. The highest BCUT2D eigenvalue weighted by molar-refractivity contribution is 5.59. The topological polar surface area (TPSA) is 29.3 Å². The summed E-state index contributed by atoms with van der Waals surface area (Å²) in [4.78, 5) is 2.20. The lowest BCUT2D eigenvalue weighted by Crippen LogP contribution is -2.42. The Labute approximate surface area is 116 Å². The number of anilines is 1. The average molecular weight is 264 g/mol. The number of hydrogen-bond acceptors (Lipinski definition) is 2. The smallest absolute Gasteiger partial charge is 0.126 e. The minimum Gasteiger partial charge on any atom is -0.363 e. The van der Waals surface area contributed by atoms with Gasteiger partial charge in [-0.3, -0.25) is 0 Å². The molecule has 0 saturated carbocycles. The zero-order chi connectivity index (χ0) is 14.8. The number of hydrogen-bond donors (Lipinski definition) is 1. The second-order valence-corrected chi connectivity index (χ2v) is 6.02. The maximum atomic E-state index is 13.8. The van der Waals surface area contributed by atoms with Gasteiger partial charge in [-0.1, -0.05) is 6.08 Å². The molecule has 0 heterocycles. The molecule has 0 aromatic heterocycles. The zero-order valence-electron chi connectivity index (χ0n) is 12.6. The zero-order valence-corrected chi connectivity index (χ0v) is 12.6. The number of halogens is 1. The van der Waals surface area contributed by atoms with Gasteiger partial charge in [0.1, 0.15) is 5.82 Å². The van der Waals surface area contributed by atoms with Gasteiger partial charge < -0.3 is 10.6 Å². The van der Waals surface area contributed by atoms with Crippen LogP contribution in [0.2, 0.25) is 0 Å². The van der Waals surface area contributed by atoms with E-state index in [0.717, 1.165) is 11.3 Å². The Morgan fingerprint density at radius 2 is 2.00 bits per heavy atom. The van der Waals surface area contributed by atoms with Gasteiger partial charge >= 0.3 is 0 Å². The first-order valence-corrected chi connectivity index (χ1v) is 6.62. The van der Waals surface area contributed by atoms with Crippen molar-refractivity contribution in [3.63, 3.8) is 0 Å². The molecule has 0 aliphatic rings. The van der Waals surface area contributed by atoms with Crippen LogP contribution in [0.3, 0.4) is 0 Å². The van der Waals surface area contributed by atoms with Crippen molar-refractivity contribution >= 4 is 5.69 Å². The molecule has 106 valence electrons. The first-order valence-electron chi connectivity index (χ1n) is 6.62. The van der Waals surface area contributed by atoms with E-state index in [-0.39, 0.29) is 17.4 Å². The number of rotatable bonds is 4. The molecule has 0 aliphatic heterocycles. The van der Waals surface area contributed by atoms with Crippen molar-refractivity contribution in [2.75, 3.05) is 11.4 Å². The van der Waals surface area contributed by atoms with Crippen molar-refractivity contribution in [2.24, 2.45) is 5.73 Å². The Kier molecular flexibility index (Phi) is 4.75. The summed E-state index contributed by atoms with van der Waals surface area (Å²) in [5.41, 5.74) is 8.37. The molecule has 1 aromatic rings. The Morgan fingerprint density at radius 3 is 2.42 bits per heavy atom. The molecule has 0 fully saturated rings. The van der Waals surface area contributed by atoms with Crippen LogP contribution >= 0.6 is 0 Å². The molecule has 1 atom stereocenters. The van der Waals surface area contributed by atoms with Gasteiger partial charge in [0.05, 0.1) is 0 Å². The van der Waals surface area contributed by atoms with E-state index in [0.29, 0.717) is 12.1 Å². The van der Waals surface area contributed by atoms with Gasteiger partial charge in [0.15, 0.2) is 0 Å². The Balaban J connectivity index is 3.44.